The zero-order valence-corrected chi connectivity index (χ0v) is 31.6. The number of hydrogen-bond acceptors (Lipinski definition) is 4. The number of rotatable bonds is 10. The van der Waals surface area contributed by atoms with Gasteiger partial charge >= 0.3 is 0 Å². The maximum atomic E-state index is 6.44. The second kappa shape index (κ2) is 15.8. The SMILES string of the molecule is C/C=C\C=C(/N)c1ccc(-c2cc(/C(=C(\C(=N/CN)c3ccccc3)C(C)C)c3ccccc3C)cc(-c3cccc4c3sc3ccccc34)c2)cc1. The van der Waals surface area contributed by atoms with Crippen molar-refractivity contribution in [2.75, 3.05) is 6.67 Å². The highest BCUT2D eigenvalue weighted by Gasteiger charge is 2.24. The molecule has 7 aromatic rings. The molecule has 0 aliphatic heterocycles. The molecule has 0 bridgehead atoms. The van der Waals surface area contributed by atoms with E-state index in [1.807, 2.05) is 42.6 Å². The number of allylic oxidation sites excluding steroid dienone is 4. The van der Waals surface area contributed by atoms with Crippen LogP contribution in [-0.4, -0.2) is 12.4 Å². The van der Waals surface area contributed by atoms with Crippen LogP contribution in [0, 0.1) is 12.8 Å². The number of aryl methyl sites for hydroxylation is 1. The first-order valence-corrected chi connectivity index (χ1v) is 19.1. The summed E-state index contributed by atoms with van der Waals surface area (Å²) in [5, 5.41) is 2.57. The van der Waals surface area contributed by atoms with E-state index in [2.05, 4.69) is 154 Å². The Morgan fingerprint density at radius 3 is 2.13 bits per heavy atom. The molecule has 0 atom stereocenters. The van der Waals surface area contributed by atoms with Gasteiger partial charge in [-0.05, 0) is 106 Å². The summed E-state index contributed by atoms with van der Waals surface area (Å²) < 4.78 is 2.58. The number of nitrogens with two attached hydrogens (primary N) is 2. The van der Waals surface area contributed by atoms with E-state index in [1.165, 1.54) is 36.9 Å². The fourth-order valence-electron chi connectivity index (χ4n) is 7.23. The highest BCUT2D eigenvalue weighted by atomic mass is 32.1. The van der Waals surface area contributed by atoms with Gasteiger partial charge in [-0.2, -0.15) is 0 Å². The van der Waals surface area contributed by atoms with Crippen molar-refractivity contribution in [2.45, 2.75) is 27.7 Å². The van der Waals surface area contributed by atoms with Gasteiger partial charge in [0, 0.05) is 31.4 Å². The number of thiophene rings is 1. The molecule has 0 unspecified atom stereocenters. The van der Waals surface area contributed by atoms with Crippen molar-refractivity contribution in [3.05, 3.63) is 191 Å². The molecule has 6 aromatic carbocycles. The van der Waals surface area contributed by atoms with E-state index in [1.54, 1.807) is 0 Å². The highest BCUT2D eigenvalue weighted by molar-refractivity contribution is 7.26. The normalized spacial score (nSPS) is 13.0. The third-order valence-electron chi connectivity index (χ3n) is 9.77. The van der Waals surface area contributed by atoms with Crippen LogP contribution in [0.5, 0.6) is 0 Å². The number of fused-ring (bicyclic) bond motifs is 3. The third-order valence-corrected chi connectivity index (χ3v) is 11.0. The zero-order valence-electron chi connectivity index (χ0n) is 30.8. The molecule has 0 aliphatic carbocycles. The lowest BCUT2D eigenvalue weighted by molar-refractivity contribution is 0.803. The van der Waals surface area contributed by atoms with Crippen LogP contribution in [0.1, 0.15) is 48.6 Å². The summed E-state index contributed by atoms with van der Waals surface area (Å²) >= 11 is 1.86. The Morgan fingerprint density at radius 2 is 1.40 bits per heavy atom. The first-order valence-electron chi connectivity index (χ1n) is 18.2. The van der Waals surface area contributed by atoms with Crippen LogP contribution < -0.4 is 11.5 Å². The molecule has 4 heteroatoms. The molecule has 0 saturated carbocycles. The Kier molecular flexibility index (Phi) is 10.6. The van der Waals surface area contributed by atoms with Gasteiger partial charge in [-0.1, -0.05) is 141 Å². The van der Waals surface area contributed by atoms with Gasteiger partial charge in [-0.15, -0.1) is 11.3 Å². The van der Waals surface area contributed by atoms with Gasteiger partial charge in [0.2, 0.25) is 0 Å². The van der Waals surface area contributed by atoms with Gasteiger partial charge in [-0.3, -0.25) is 4.99 Å². The lowest BCUT2D eigenvalue weighted by atomic mass is 9.80. The van der Waals surface area contributed by atoms with Crippen LogP contribution in [0.25, 0.3) is 53.7 Å². The van der Waals surface area contributed by atoms with Crippen LogP contribution >= 0.6 is 11.3 Å². The standard InChI is InChI=1S/C49H45N3S/c1-5-6-22-44(51)35-26-24-34(25-27-35)37-28-38(41-20-14-21-43-42-19-12-13-23-45(42)53-49(41)43)30-39(29-37)47(40-18-11-10-15-33(40)4)46(32(2)3)48(52-31-50)36-16-8-7-9-17-36/h5-30,32H,31,50-51H2,1-4H3/b6-5-,44-22-,47-46+,52-48-. The molecular formula is C49H45N3S. The van der Waals surface area contributed by atoms with Crippen molar-refractivity contribution in [1.29, 1.82) is 0 Å². The van der Waals surface area contributed by atoms with Crippen molar-refractivity contribution in [2.24, 2.45) is 22.4 Å². The summed E-state index contributed by atoms with van der Waals surface area (Å²) in [5.74, 6) is 0.138. The van der Waals surface area contributed by atoms with Gasteiger partial charge in [-0.25, -0.2) is 0 Å². The van der Waals surface area contributed by atoms with Gasteiger partial charge in [0.05, 0.1) is 12.4 Å². The lowest BCUT2D eigenvalue weighted by Crippen LogP contribution is -2.16. The fraction of sp³-hybridized carbons (Fsp3) is 0.122. The van der Waals surface area contributed by atoms with Crippen LogP contribution in [0.15, 0.2) is 168 Å². The number of hydrogen-bond donors (Lipinski definition) is 2. The van der Waals surface area contributed by atoms with E-state index in [0.29, 0.717) is 0 Å². The molecule has 7 rings (SSSR count). The van der Waals surface area contributed by atoms with Gasteiger partial charge in [0.1, 0.15) is 0 Å². The molecule has 1 heterocycles. The number of aliphatic imine (C=N–C) groups is 1. The van der Waals surface area contributed by atoms with E-state index in [0.717, 1.165) is 55.9 Å². The first-order chi connectivity index (χ1) is 25.9. The summed E-state index contributed by atoms with van der Waals surface area (Å²) in [5.41, 5.74) is 26.8. The maximum absolute atomic E-state index is 6.44. The summed E-state index contributed by atoms with van der Waals surface area (Å²) in [6, 6.07) is 50.2. The van der Waals surface area contributed by atoms with Gasteiger partial charge in [0.25, 0.3) is 0 Å². The van der Waals surface area contributed by atoms with E-state index >= 15 is 0 Å². The van der Waals surface area contributed by atoms with E-state index in [-0.39, 0.29) is 12.6 Å². The fourth-order valence-corrected chi connectivity index (χ4v) is 8.47. The molecule has 0 radical (unpaired) electrons. The minimum absolute atomic E-state index is 0.138. The van der Waals surface area contributed by atoms with Crippen LogP contribution in [0.4, 0.5) is 0 Å². The van der Waals surface area contributed by atoms with Crippen molar-refractivity contribution in [3.63, 3.8) is 0 Å². The van der Waals surface area contributed by atoms with Crippen molar-refractivity contribution < 1.29 is 0 Å². The Labute approximate surface area is 317 Å². The largest absolute Gasteiger partial charge is 0.398 e. The monoisotopic (exact) mass is 707 g/mol. The molecule has 0 spiro atoms. The molecule has 53 heavy (non-hydrogen) atoms. The van der Waals surface area contributed by atoms with Gasteiger partial charge < -0.3 is 11.5 Å². The average molecular weight is 708 g/mol. The summed E-state index contributed by atoms with van der Waals surface area (Å²) in [4.78, 5) is 5.01. The van der Waals surface area contributed by atoms with E-state index in [4.69, 9.17) is 16.5 Å². The molecule has 3 nitrogen and oxygen atoms in total. The van der Waals surface area contributed by atoms with Crippen molar-refractivity contribution in [3.8, 4) is 22.3 Å². The van der Waals surface area contributed by atoms with Crippen LogP contribution in [0.2, 0.25) is 0 Å². The van der Waals surface area contributed by atoms with Crippen molar-refractivity contribution >= 4 is 48.5 Å². The smallest absolute Gasteiger partial charge is 0.0867 e. The molecule has 1 aromatic heterocycles. The maximum Gasteiger partial charge on any atom is 0.0867 e. The predicted molar refractivity (Wildman–Crippen MR) is 231 cm³/mol. The van der Waals surface area contributed by atoms with E-state index in [9.17, 15) is 0 Å². The molecule has 0 aliphatic rings. The van der Waals surface area contributed by atoms with Crippen LogP contribution in [-0.2, 0) is 0 Å². The molecule has 0 fully saturated rings. The predicted octanol–water partition coefficient (Wildman–Crippen LogP) is 12.4. The minimum atomic E-state index is 0.138. The quantitative estimate of drug-likeness (QED) is 0.110. The lowest BCUT2D eigenvalue weighted by Gasteiger charge is -2.24. The van der Waals surface area contributed by atoms with Crippen LogP contribution in [0.3, 0.4) is 0 Å². The second-order valence-corrected chi connectivity index (χ2v) is 14.7. The third kappa shape index (κ3) is 7.30. The number of benzene rings is 6. The number of nitrogens with zero attached hydrogens (tertiary/aromatic N) is 1. The molecule has 4 N–H and O–H groups in total. The molecule has 262 valence electrons. The second-order valence-electron chi connectivity index (χ2n) is 13.6. The Morgan fingerprint density at radius 1 is 0.698 bits per heavy atom. The molecule has 0 amide bonds. The van der Waals surface area contributed by atoms with E-state index < -0.39 is 0 Å². The highest BCUT2D eigenvalue weighted by Crippen LogP contribution is 2.43. The Balaban J connectivity index is 1.56. The van der Waals surface area contributed by atoms with Crippen molar-refractivity contribution in [1.82, 2.24) is 0 Å². The van der Waals surface area contributed by atoms with Gasteiger partial charge in [0.15, 0.2) is 0 Å². The topological polar surface area (TPSA) is 64.4 Å². The Hall–Kier alpha value is -5.81. The first kappa shape index (κ1) is 35.6. The minimum Gasteiger partial charge on any atom is -0.398 e. The average Bonchev–Trinajstić information content (AvgIpc) is 3.58. The summed E-state index contributed by atoms with van der Waals surface area (Å²) in [6.07, 6.45) is 5.90. The summed E-state index contributed by atoms with van der Waals surface area (Å²) in [7, 11) is 0. The Bertz CT molecular complexity index is 2530. The molecule has 0 saturated heterocycles. The zero-order chi connectivity index (χ0) is 36.9. The molecular weight excluding hydrogens is 663 g/mol. The summed E-state index contributed by atoms with van der Waals surface area (Å²) in [6.45, 7) is 8.90.